The van der Waals surface area contributed by atoms with Gasteiger partial charge >= 0.3 is 0 Å². The van der Waals surface area contributed by atoms with E-state index in [1.54, 1.807) is 6.07 Å². The zero-order valence-electron chi connectivity index (χ0n) is 16.6. The number of nitrogens with zero attached hydrogens (tertiary/aromatic N) is 2. The summed E-state index contributed by atoms with van der Waals surface area (Å²) in [6.45, 7) is 2.20. The Balaban J connectivity index is 1.47. The Morgan fingerprint density at radius 1 is 1.13 bits per heavy atom. The minimum atomic E-state index is -0.307. The van der Waals surface area contributed by atoms with Gasteiger partial charge in [-0.05, 0) is 49.1 Å². The molecule has 30 heavy (non-hydrogen) atoms. The Kier molecular flexibility index (Phi) is 5.40. The molecular formula is C23H24Cl2N2O3. The van der Waals surface area contributed by atoms with Crippen LogP contribution in [0.2, 0.25) is 10.0 Å². The Bertz CT molecular complexity index is 983. The second kappa shape index (κ2) is 8.04. The highest BCUT2D eigenvalue weighted by Gasteiger charge is 2.41. The molecule has 0 bridgehead atoms. The zero-order valence-corrected chi connectivity index (χ0v) is 18.1. The van der Waals surface area contributed by atoms with Gasteiger partial charge in [0.15, 0.2) is 0 Å². The fourth-order valence-corrected chi connectivity index (χ4v) is 5.53. The number of β-amino-alcohol motifs (C(OH)–C–C–N with tert-alkyl or cyclic N) is 1. The summed E-state index contributed by atoms with van der Waals surface area (Å²) in [6, 6.07) is 11.5. The minimum absolute atomic E-state index is 0.0743. The molecule has 1 amide bonds. The molecule has 3 atom stereocenters. The maximum absolute atomic E-state index is 12.2. The van der Waals surface area contributed by atoms with E-state index in [2.05, 4.69) is 4.90 Å². The molecule has 0 spiro atoms. The van der Waals surface area contributed by atoms with E-state index < -0.39 is 0 Å². The van der Waals surface area contributed by atoms with Crippen LogP contribution < -0.4 is 9.64 Å². The fraction of sp³-hybridized carbons (Fsp3) is 0.435. The number of benzene rings is 2. The summed E-state index contributed by atoms with van der Waals surface area (Å²) in [5.74, 6) is 0.867. The van der Waals surface area contributed by atoms with Crippen LogP contribution in [-0.4, -0.2) is 47.7 Å². The van der Waals surface area contributed by atoms with Crippen LogP contribution in [0, 0.1) is 0 Å². The number of carbonyl (C=O) groups is 1. The molecule has 1 N–H and O–H groups in total. The minimum Gasteiger partial charge on any atom is -0.484 e. The van der Waals surface area contributed by atoms with Crippen molar-refractivity contribution in [2.45, 2.75) is 43.9 Å². The lowest BCUT2D eigenvalue weighted by Gasteiger charge is -2.30. The Morgan fingerprint density at radius 3 is 2.73 bits per heavy atom. The summed E-state index contributed by atoms with van der Waals surface area (Å²) in [6.07, 6.45) is 2.45. The molecule has 5 rings (SSSR count). The number of carbonyl (C=O) groups excluding carboxylic acids is 1. The summed E-state index contributed by atoms with van der Waals surface area (Å²) in [4.78, 5) is 16.3. The number of aliphatic hydroxyl groups is 1. The predicted octanol–water partition coefficient (Wildman–Crippen LogP) is 4.23. The van der Waals surface area contributed by atoms with Gasteiger partial charge in [0.25, 0.3) is 0 Å². The third kappa shape index (κ3) is 3.69. The van der Waals surface area contributed by atoms with Crippen LogP contribution in [-0.2, 0) is 11.2 Å². The molecule has 2 aromatic rings. The van der Waals surface area contributed by atoms with E-state index in [0.29, 0.717) is 28.8 Å². The molecule has 0 aromatic heterocycles. The quantitative estimate of drug-likeness (QED) is 0.763. The van der Waals surface area contributed by atoms with Gasteiger partial charge < -0.3 is 14.7 Å². The molecule has 158 valence electrons. The molecule has 2 aliphatic heterocycles. The molecule has 0 unspecified atom stereocenters. The first-order chi connectivity index (χ1) is 14.5. The van der Waals surface area contributed by atoms with Gasteiger partial charge in [0.05, 0.1) is 12.1 Å². The molecule has 7 heteroatoms. The van der Waals surface area contributed by atoms with Gasteiger partial charge in [-0.3, -0.25) is 9.69 Å². The van der Waals surface area contributed by atoms with Gasteiger partial charge in [0.2, 0.25) is 5.91 Å². The van der Waals surface area contributed by atoms with Gasteiger partial charge in [-0.15, -0.1) is 0 Å². The van der Waals surface area contributed by atoms with Crippen LogP contribution in [0.15, 0.2) is 36.4 Å². The number of anilines is 1. The summed E-state index contributed by atoms with van der Waals surface area (Å²) in [5.41, 5.74) is 2.93. The van der Waals surface area contributed by atoms with Crippen LogP contribution in [0.1, 0.15) is 36.5 Å². The topological polar surface area (TPSA) is 53.0 Å². The second-order valence-electron chi connectivity index (χ2n) is 8.35. The summed E-state index contributed by atoms with van der Waals surface area (Å²) in [5, 5.41) is 11.3. The number of amides is 1. The number of likely N-dealkylation sites (tertiary alicyclic amines) is 1. The first-order valence-electron chi connectivity index (χ1n) is 10.5. The zero-order chi connectivity index (χ0) is 20.8. The average molecular weight is 447 g/mol. The smallest absolute Gasteiger partial charge is 0.227 e. The monoisotopic (exact) mass is 446 g/mol. The SMILES string of the molecule is O=C1CCCN1c1cccc(O[C@H]2c3cc(Cl)cc(Cl)c3C[C@@H]2N2CC[C@@H](O)C2)c1. The molecular weight excluding hydrogens is 423 g/mol. The third-order valence-corrected chi connectivity index (χ3v) is 6.95. The standard InChI is InChI=1S/C23H24Cl2N2O3/c24-14-9-19-18(20(25)10-14)12-21(26-8-6-16(28)13-26)23(19)30-17-4-1-3-15(11-17)27-7-2-5-22(27)29/h1,3-4,9-11,16,21,23,28H,2,5-8,12-13H2/t16-,21+,23+/m1/s1. The number of hydrogen-bond acceptors (Lipinski definition) is 4. The average Bonchev–Trinajstić information content (AvgIpc) is 3.42. The van der Waals surface area contributed by atoms with Crippen molar-refractivity contribution in [3.05, 3.63) is 57.6 Å². The van der Waals surface area contributed by atoms with E-state index in [1.165, 1.54) is 0 Å². The van der Waals surface area contributed by atoms with Crippen molar-refractivity contribution in [2.75, 3.05) is 24.5 Å². The lowest BCUT2D eigenvalue weighted by molar-refractivity contribution is -0.117. The Hall–Kier alpha value is -1.79. The Morgan fingerprint density at radius 2 is 2.00 bits per heavy atom. The van der Waals surface area contributed by atoms with Gasteiger partial charge in [-0.1, -0.05) is 29.3 Å². The van der Waals surface area contributed by atoms with Crippen LogP contribution in [0.25, 0.3) is 0 Å². The molecule has 1 aliphatic carbocycles. The number of hydrogen-bond donors (Lipinski definition) is 1. The van der Waals surface area contributed by atoms with E-state index in [9.17, 15) is 9.90 Å². The van der Waals surface area contributed by atoms with Gasteiger partial charge in [0, 0.05) is 53.4 Å². The first-order valence-corrected chi connectivity index (χ1v) is 11.2. The van der Waals surface area contributed by atoms with Crippen molar-refractivity contribution in [2.24, 2.45) is 0 Å². The van der Waals surface area contributed by atoms with Crippen molar-refractivity contribution >= 4 is 34.8 Å². The van der Waals surface area contributed by atoms with Crippen molar-refractivity contribution in [3.8, 4) is 5.75 Å². The number of aliphatic hydroxyl groups excluding tert-OH is 1. The molecule has 0 radical (unpaired) electrons. The highest BCUT2D eigenvalue weighted by molar-refractivity contribution is 6.35. The summed E-state index contributed by atoms with van der Waals surface area (Å²) < 4.78 is 6.53. The van der Waals surface area contributed by atoms with Crippen LogP contribution in [0.4, 0.5) is 5.69 Å². The third-order valence-electron chi connectivity index (χ3n) is 6.39. The van der Waals surface area contributed by atoms with E-state index in [-0.39, 0.29) is 24.2 Å². The van der Waals surface area contributed by atoms with Gasteiger partial charge in [-0.25, -0.2) is 0 Å². The molecule has 2 fully saturated rings. The normalized spacial score (nSPS) is 26.4. The molecule has 0 saturated carbocycles. The van der Waals surface area contributed by atoms with Crippen molar-refractivity contribution in [1.29, 1.82) is 0 Å². The fourth-order valence-electron chi connectivity index (χ4n) is 4.94. The van der Waals surface area contributed by atoms with Gasteiger partial charge in [0.1, 0.15) is 11.9 Å². The predicted molar refractivity (Wildman–Crippen MR) is 118 cm³/mol. The van der Waals surface area contributed by atoms with E-state index >= 15 is 0 Å². The van der Waals surface area contributed by atoms with Crippen molar-refractivity contribution < 1.29 is 14.6 Å². The van der Waals surface area contributed by atoms with Crippen LogP contribution >= 0.6 is 23.2 Å². The maximum atomic E-state index is 12.2. The first kappa shape index (κ1) is 20.1. The largest absolute Gasteiger partial charge is 0.484 e. The molecule has 2 saturated heterocycles. The molecule has 2 heterocycles. The number of ether oxygens (including phenoxy) is 1. The maximum Gasteiger partial charge on any atom is 0.227 e. The number of halogens is 2. The van der Waals surface area contributed by atoms with Crippen LogP contribution in [0.5, 0.6) is 5.75 Å². The lowest BCUT2D eigenvalue weighted by Crippen LogP contribution is -2.39. The van der Waals surface area contributed by atoms with Gasteiger partial charge in [-0.2, -0.15) is 0 Å². The molecule has 3 aliphatic rings. The highest BCUT2D eigenvalue weighted by Crippen LogP contribution is 2.43. The second-order valence-corrected chi connectivity index (χ2v) is 9.19. The van der Waals surface area contributed by atoms with Crippen molar-refractivity contribution in [1.82, 2.24) is 4.90 Å². The summed E-state index contributed by atoms with van der Waals surface area (Å²) in [7, 11) is 0. The van der Waals surface area contributed by atoms with E-state index in [1.807, 2.05) is 35.2 Å². The number of fused-ring (bicyclic) bond motifs is 1. The van der Waals surface area contributed by atoms with Crippen LogP contribution in [0.3, 0.4) is 0 Å². The Labute approximate surface area is 186 Å². The highest BCUT2D eigenvalue weighted by atomic mass is 35.5. The molecule has 2 aromatic carbocycles. The number of rotatable bonds is 4. The summed E-state index contributed by atoms with van der Waals surface area (Å²) >= 11 is 12.8. The van der Waals surface area contributed by atoms with E-state index in [0.717, 1.165) is 49.2 Å². The lowest BCUT2D eigenvalue weighted by atomic mass is 10.1. The molecule has 5 nitrogen and oxygen atoms in total. The van der Waals surface area contributed by atoms with Crippen molar-refractivity contribution in [3.63, 3.8) is 0 Å². The van der Waals surface area contributed by atoms with E-state index in [4.69, 9.17) is 27.9 Å².